The molecule has 0 heterocycles. The molecule has 0 saturated heterocycles. The van der Waals surface area contributed by atoms with Crippen LogP contribution in [0, 0.1) is 34.0 Å². The van der Waals surface area contributed by atoms with Crippen LogP contribution in [0.4, 0.5) is 0 Å². The van der Waals surface area contributed by atoms with Gasteiger partial charge in [0, 0.05) is 11.8 Å². The molecule has 0 aromatic rings. The normalized spacial score (nSPS) is 38.7. The first-order chi connectivity index (χ1) is 11.2. The van der Waals surface area contributed by atoms with Gasteiger partial charge in [0.1, 0.15) is 6.29 Å². The molecule has 0 amide bonds. The second-order valence-corrected chi connectivity index (χ2v) is 8.30. The van der Waals surface area contributed by atoms with Gasteiger partial charge in [0.2, 0.25) is 0 Å². The van der Waals surface area contributed by atoms with Crippen LogP contribution in [0.2, 0.25) is 0 Å². The van der Waals surface area contributed by atoms with Gasteiger partial charge >= 0.3 is 0 Å². The van der Waals surface area contributed by atoms with Crippen LogP contribution in [-0.2, 0) is 4.79 Å². The summed E-state index contributed by atoms with van der Waals surface area (Å²) in [7, 11) is 0. The molecule has 1 N–H and O–H groups in total. The van der Waals surface area contributed by atoms with Crippen molar-refractivity contribution >= 4 is 6.29 Å². The molecule has 24 heavy (non-hydrogen) atoms. The molecule has 2 aliphatic carbocycles. The van der Waals surface area contributed by atoms with E-state index in [-0.39, 0.29) is 11.3 Å². The number of nitriles is 1. The summed E-state index contributed by atoms with van der Waals surface area (Å²) in [6.07, 6.45) is 6.02. The number of aldehydes is 1. The summed E-state index contributed by atoms with van der Waals surface area (Å²) in [5.41, 5.74) is 2.53. The molecule has 1 fully saturated rings. The second kappa shape index (κ2) is 6.84. The summed E-state index contributed by atoms with van der Waals surface area (Å²) in [5, 5.41) is 20.8. The van der Waals surface area contributed by atoms with Gasteiger partial charge in [-0.1, -0.05) is 39.3 Å². The summed E-state index contributed by atoms with van der Waals surface area (Å²) >= 11 is 0. The van der Waals surface area contributed by atoms with E-state index in [2.05, 4.69) is 40.7 Å². The van der Waals surface area contributed by atoms with E-state index in [1.165, 1.54) is 11.1 Å². The lowest BCUT2D eigenvalue weighted by Crippen LogP contribution is -2.47. The zero-order valence-corrected chi connectivity index (χ0v) is 15.7. The van der Waals surface area contributed by atoms with Crippen LogP contribution in [0.3, 0.4) is 0 Å². The molecule has 3 heteroatoms. The number of hydrogen-bond donors (Lipinski definition) is 1. The Balaban J connectivity index is 2.68. The molecule has 4 atom stereocenters. The Hall–Kier alpha value is -1.40. The van der Waals surface area contributed by atoms with Crippen molar-refractivity contribution in [3.05, 3.63) is 22.8 Å². The number of nitrogens with zero attached hydrogens (tertiary/aromatic N) is 1. The third-order valence-electron chi connectivity index (χ3n) is 6.53. The van der Waals surface area contributed by atoms with E-state index in [0.29, 0.717) is 17.9 Å². The summed E-state index contributed by atoms with van der Waals surface area (Å²) in [4.78, 5) is 11.3. The number of carbonyl (C=O) groups excluding carboxylic acids is 1. The lowest BCUT2D eigenvalue weighted by atomic mass is 9.53. The average Bonchev–Trinajstić information content (AvgIpc) is 2.68. The van der Waals surface area contributed by atoms with Gasteiger partial charge in [0.15, 0.2) is 0 Å². The lowest BCUT2D eigenvalue weighted by molar-refractivity contribution is -0.105. The Morgan fingerprint density at radius 3 is 2.62 bits per heavy atom. The second-order valence-electron chi connectivity index (χ2n) is 8.30. The molecule has 0 radical (unpaired) electrons. The number of rotatable bonds is 3. The van der Waals surface area contributed by atoms with Gasteiger partial charge in [0.25, 0.3) is 0 Å². The lowest BCUT2D eigenvalue weighted by Gasteiger charge is -2.51. The van der Waals surface area contributed by atoms with Crippen molar-refractivity contribution in [2.24, 2.45) is 22.7 Å². The minimum absolute atomic E-state index is 0.126. The first-order valence-electron chi connectivity index (χ1n) is 9.20. The Labute approximate surface area is 146 Å². The van der Waals surface area contributed by atoms with E-state index in [4.69, 9.17) is 0 Å². The van der Waals surface area contributed by atoms with Crippen LogP contribution in [-0.4, -0.2) is 17.5 Å². The van der Waals surface area contributed by atoms with Crippen molar-refractivity contribution in [1.82, 2.24) is 0 Å². The molecule has 2 aliphatic rings. The van der Waals surface area contributed by atoms with Crippen LogP contribution in [0.15, 0.2) is 22.8 Å². The Bertz CT molecular complexity index is 610. The number of carbonyl (C=O) groups is 1. The molecule has 0 aromatic heterocycles. The summed E-state index contributed by atoms with van der Waals surface area (Å²) in [6.45, 7) is 10.7. The van der Waals surface area contributed by atoms with E-state index in [1.54, 1.807) is 0 Å². The monoisotopic (exact) mass is 329 g/mol. The number of allylic oxidation sites excluding steroid dienone is 3. The maximum atomic E-state index is 11.3. The van der Waals surface area contributed by atoms with Crippen molar-refractivity contribution in [2.45, 2.75) is 72.8 Å². The summed E-state index contributed by atoms with van der Waals surface area (Å²) in [6, 6.07) is 2.58. The molecule has 3 nitrogen and oxygen atoms in total. The van der Waals surface area contributed by atoms with Gasteiger partial charge in [-0.2, -0.15) is 5.26 Å². The molecule has 1 saturated carbocycles. The minimum atomic E-state index is -0.537. The van der Waals surface area contributed by atoms with Crippen LogP contribution in [0.5, 0.6) is 0 Å². The highest BCUT2D eigenvalue weighted by atomic mass is 16.3. The molecule has 0 aliphatic heterocycles. The topological polar surface area (TPSA) is 61.1 Å². The standard InChI is InChI=1S/C21H31NO2/c1-6-16(14(2)3)19-17-8-7-15(12-23)11-18(24)21(17,5)10-9-20(19,4)13-22/h7,12,14,17-18,24H,6,8-11H2,1-5H3/b19-16+/t17-,18?,20-,21-/m1/s1. The highest BCUT2D eigenvalue weighted by molar-refractivity contribution is 5.73. The summed E-state index contributed by atoms with van der Waals surface area (Å²) < 4.78 is 0. The third kappa shape index (κ3) is 2.97. The van der Waals surface area contributed by atoms with E-state index in [0.717, 1.165) is 32.0 Å². The van der Waals surface area contributed by atoms with E-state index in [1.807, 2.05) is 6.08 Å². The first-order valence-corrected chi connectivity index (χ1v) is 9.20. The van der Waals surface area contributed by atoms with Gasteiger partial charge in [-0.15, -0.1) is 0 Å². The molecule has 0 bridgehead atoms. The van der Waals surface area contributed by atoms with Crippen LogP contribution in [0.1, 0.15) is 66.7 Å². The molecule has 0 spiro atoms. The average molecular weight is 329 g/mol. The third-order valence-corrected chi connectivity index (χ3v) is 6.53. The molecule has 0 aromatic carbocycles. The largest absolute Gasteiger partial charge is 0.392 e. The van der Waals surface area contributed by atoms with E-state index in [9.17, 15) is 15.2 Å². The molecule has 1 unspecified atom stereocenters. The first kappa shape index (κ1) is 18.9. The molecule has 132 valence electrons. The van der Waals surface area contributed by atoms with E-state index < -0.39 is 11.5 Å². The Morgan fingerprint density at radius 2 is 2.12 bits per heavy atom. The Morgan fingerprint density at radius 1 is 1.46 bits per heavy atom. The molecule has 2 rings (SSSR count). The summed E-state index contributed by atoms with van der Waals surface area (Å²) in [5.74, 6) is 0.510. The number of aliphatic hydroxyl groups excluding tert-OH is 1. The quantitative estimate of drug-likeness (QED) is 0.609. The number of aliphatic hydroxyl groups is 1. The highest BCUT2D eigenvalue weighted by Gasteiger charge is 2.52. The van der Waals surface area contributed by atoms with Gasteiger partial charge < -0.3 is 5.11 Å². The maximum Gasteiger partial charge on any atom is 0.145 e. The van der Waals surface area contributed by atoms with Crippen molar-refractivity contribution < 1.29 is 9.90 Å². The van der Waals surface area contributed by atoms with Gasteiger partial charge in [-0.25, -0.2) is 0 Å². The smallest absolute Gasteiger partial charge is 0.145 e. The van der Waals surface area contributed by atoms with Crippen LogP contribution >= 0.6 is 0 Å². The highest BCUT2D eigenvalue weighted by Crippen LogP contribution is 2.58. The van der Waals surface area contributed by atoms with Crippen molar-refractivity contribution in [3.8, 4) is 6.07 Å². The zero-order valence-electron chi connectivity index (χ0n) is 15.7. The predicted molar refractivity (Wildman–Crippen MR) is 96.1 cm³/mol. The van der Waals surface area contributed by atoms with Crippen molar-refractivity contribution in [1.29, 1.82) is 5.26 Å². The fraction of sp³-hybridized carbons (Fsp3) is 0.714. The Kier molecular flexibility index (Phi) is 5.40. The van der Waals surface area contributed by atoms with Gasteiger partial charge in [-0.05, 0) is 55.6 Å². The molecular formula is C21H31NO2. The van der Waals surface area contributed by atoms with Crippen LogP contribution < -0.4 is 0 Å². The fourth-order valence-electron chi connectivity index (χ4n) is 4.84. The SMILES string of the molecule is CC/C(=C1/[C@H]2CC=C(C=O)CC(O)[C@]2(C)CC[C@]1(C)C#N)C(C)C. The molecular weight excluding hydrogens is 298 g/mol. The predicted octanol–water partition coefficient (Wildman–Crippen LogP) is 4.58. The van der Waals surface area contributed by atoms with Gasteiger partial charge in [-0.3, -0.25) is 4.79 Å². The fourth-order valence-corrected chi connectivity index (χ4v) is 4.84. The zero-order chi connectivity index (χ0) is 18.1. The minimum Gasteiger partial charge on any atom is -0.392 e. The van der Waals surface area contributed by atoms with Crippen molar-refractivity contribution in [3.63, 3.8) is 0 Å². The van der Waals surface area contributed by atoms with Gasteiger partial charge in [0.05, 0.1) is 17.6 Å². The van der Waals surface area contributed by atoms with Crippen LogP contribution in [0.25, 0.3) is 0 Å². The van der Waals surface area contributed by atoms with E-state index >= 15 is 0 Å². The maximum absolute atomic E-state index is 11.3. The number of hydrogen-bond acceptors (Lipinski definition) is 3. The number of fused-ring (bicyclic) bond motifs is 1. The van der Waals surface area contributed by atoms with Crippen molar-refractivity contribution in [2.75, 3.05) is 0 Å².